The molecule has 0 bridgehead atoms. The Morgan fingerprint density at radius 2 is 2.00 bits per heavy atom. The lowest BCUT2D eigenvalue weighted by molar-refractivity contribution is -0.0804. The highest BCUT2D eigenvalue weighted by Crippen LogP contribution is 2.50. The van der Waals surface area contributed by atoms with E-state index >= 15 is 0 Å². The zero-order valence-corrected chi connectivity index (χ0v) is 18.2. The predicted molar refractivity (Wildman–Crippen MR) is 117 cm³/mol. The maximum absolute atomic E-state index is 14.5. The number of carbonyl (C=O) groups excluding carboxylic acids is 1. The normalized spacial score (nSPS) is 18.0. The first-order valence-electron chi connectivity index (χ1n) is 9.48. The maximum Gasteiger partial charge on any atom is 0.365 e. The molecule has 1 aliphatic heterocycles. The second kappa shape index (κ2) is 9.44. The number of nitrogens with zero attached hydrogens (tertiary/aromatic N) is 3. The van der Waals surface area contributed by atoms with Crippen molar-refractivity contribution in [3.8, 4) is 0 Å². The van der Waals surface area contributed by atoms with Crippen LogP contribution in [0.4, 0.5) is 13.6 Å². The van der Waals surface area contributed by atoms with Crippen LogP contribution in [0.2, 0.25) is 0 Å². The van der Waals surface area contributed by atoms with E-state index in [4.69, 9.17) is 10.2 Å². The van der Waals surface area contributed by atoms with E-state index in [1.165, 1.54) is 19.2 Å². The Hall–Kier alpha value is -2.98. The lowest BCUT2D eigenvalue weighted by Gasteiger charge is -2.37. The molecule has 1 aliphatic rings. The molecular formula is C21H23F2N5O2S. The highest BCUT2D eigenvalue weighted by atomic mass is 32.2. The highest BCUT2D eigenvalue weighted by molar-refractivity contribution is 8.15. The van der Waals surface area contributed by atoms with E-state index in [0.29, 0.717) is 13.0 Å². The average Bonchev–Trinajstić information content (AvgIpc) is 3.15. The summed E-state index contributed by atoms with van der Waals surface area (Å²) in [6, 6.07) is 11.7. The van der Waals surface area contributed by atoms with Gasteiger partial charge < -0.3 is 5.32 Å². The van der Waals surface area contributed by atoms with Crippen LogP contribution in [0.3, 0.4) is 0 Å². The van der Waals surface area contributed by atoms with Gasteiger partial charge in [0, 0.05) is 25.6 Å². The van der Waals surface area contributed by atoms with Gasteiger partial charge in [-0.15, -0.1) is 0 Å². The molecule has 1 heterocycles. The van der Waals surface area contributed by atoms with Crippen molar-refractivity contribution < 1.29 is 18.4 Å². The molecule has 2 N–H and O–H groups in total. The van der Waals surface area contributed by atoms with Crippen LogP contribution in [-0.4, -0.2) is 47.7 Å². The number of urea groups is 1. The number of amidine groups is 1. The fourth-order valence-corrected chi connectivity index (χ4v) is 4.55. The van der Waals surface area contributed by atoms with Gasteiger partial charge in [0.2, 0.25) is 0 Å². The molecule has 164 valence electrons. The van der Waals surface area contributed by atoms with Gasteiger partial charge in [-0.2, -0.15) is 10.1 Å². The SMILES string of the molecule is CON(C)C(=O)N1N=C(c2cc(F)ccc2F)SC1(CCNC(C)=N)c1ccccc1. The van der Waals surface area contributed by atoms with Gasteiger partial charge in [0.1, 0.15) is 21.5 Å². The maximum atomic E-state index is 14.5. The number of benzene rings is 2. The molecule has 2 amide bonds. The molecule has 0 saturated carbocycles. The fourth-order valence-electron chi connectivity index (χ4n) is 3.17. The van der Waals surface area contributed by atoms with Crippen molar-refractivity contribution in [2.75, 3.05) is 20.7 Å². The van der Waals surface area contributed by atoms with Gasteiger partial charge in [-0.1, -0.05) is 42.1 Å². The number of hydroxylamine groups is 2. The molecule has 2 aromatic rings. The van der Waals surface area contributed by atoms with Crippen LogP contribution in [0.15, 0.2) is 53.6 Å². The second-order valence-electron chi connectivity index (χ2n) is 6.86. The molecule has 2 aromatic carbocycles. The zero-order valence-electron chi connectivity index (χ0n) is 17.4. The molecular weight excluding hydrogens is 424 g/mol. The van der Waals surface area contributed by atoms with Crippen molar-refractivity contribution >= 4 is 28.7 Å². The summed E-state index contributed by atoms with van der Waals surface area (Å²) in [6.07, 6.45) is 0.338. The number of rotatable bonds is 6. The summed E-state index contributed by atoms with van der Waals surface area (Å²) in [5.41, 5.74) is 0.717. The summed E-state index contributed by atoms with van der Waals surface area (Å²) in [4.78, 5) is 17.2. The van der Waals surface area contributed by atoms with Gasteiger partial charge in [0.25, 0.3) is 0 Å². The van der Waals surface area contributed by atoms with Crippen molar-refractivity contribution in [3.63, 3.8) is 0 Å². The first-order valence-corrected chi connectivity index (χ1v) is 10.3. The van der Waals surface area contributed by atoms with E-state index in [1.54, 1.807) is 6.92 Å². The minimum absolute atomic E-state index is 0.0307. The van der Waals surface area contributed by atoms with Gasteiger partial charge >= 0.3 is 6.03 Å². The molecule has 7 nitrogen and oxygen atoms in total. The second-order valence-corrected chi connectivity index (χ2v) is 8.12. The molecule has 1 atom stereocenters. The minimum Gasteiger partial charge on any atom is -0.374 e. The summed E-state index contributed by atoms with van der Waals surface area (Å²) in [6.45, 7) is 1.97. The van der Waals surface area contributed by atoms with Gasteiger partial charge in [0.15, 0.2) is 0 Å². The van der Waals surface area contributed by atoms with E-state index in [2.05, 4.69) is 10.4 Å². The van der Waals surface area contributed by atoms with E-state index in [-0.39, 0.29) is 16.4 Å². The topological polar surface area (TPSA) is 81.0 Å². The third-order valence-corrected chi connectivity index (χ3v) is 6.21. The summed E-state index contributed by atoms with van der Waals surface area (Å²) in [5, 5.41) is 17.4. The smallest absolute Gasteiger partial charge is 0.365 e. The Labute approximate surface area is 183 Å². The zero-order chi connectivity index (χ0) is 22.6. The highest BCUT2D eigenvalue weighted by Gasteiger charge is 2.49. The molecule has 0 fully saturated rings. The number of amides is 2. The number of hydrazone groups is 1. The summed E-state index contributed by atoms with van der Waals surface area (Å²) >= 11 is 1.16. The Morgan fingerprint density at radius 1 is 1.29 bits per heavy atom. The summed E-state index contributed by atoms with van der Waals surface area (Å²) < 4.78 is 28.4. The third-order valence-electron chi connectivity index (χ3n) is 4.76. The van der Waals surface area contributed by atoms with Crippen molar-refractivity contribution in [3.05, 3.63) is 71.3 Å². The Balaban J connectivity index is 2.13. The van der Waals surface area contributed by atoms with Crippen molar-refractivity contribution in [2.24, 2.45) is 5.10 Å². The molecule has 0 radical (unpaired) electrons. The number of halogens is 2. The van der Waals surface area contributed by atoms with E-state index in [1.807, 2.05) is 30.3 Å². The summed E-state index contributed by atoms with van der Waals surface area (Å²) in [5.74, 6) is -0.974. The molecule has 1 unspecified atom stereocenters. The molecule has 0 saturated heterocycles. The first-order chi connectivity index (χ1) is 14.8. The van der Waals surface area contributed by atoms with Crippen LogP contribution >= 0.6 is 11.8 Å². The Kier molecular flexibility index (Phi) is 6.91. The van der Waals surface area contributed by atoms with Crippen LogP contribution in [0.5, 0.6) is 0 Å². The monoisotopic (exact) mass is 447 g/mol. The molecule has 0 spiro atoms. The van der Waals surface area contributed by atoms with Crippen LogP contribution < -0.4 is 5.32 Å². The third kappa shape index (κ3) is 4.70. The fraction of sp³-hybridized carbons (Fsp3) is 0.286. The number of thioether (sulfide) groups is 1. The van der Waals surface area contributed by atoms with Crippen molar-refractivity contribution in [2.45, 2.75) is 18.2 Å². The lowest BCUT2D eigenvalue weighted by atomic mass is 10.0. The lowest BCUT2D eigenvalue weighted by Crippen LogP contribution is -2.48. The standard InChI is InChI=1S/C21H23F2N5O2S/c1-14(24)25-12-11-21(15-7-5-4-6-8-15)28(20(29)27(2)30-3)26-19(31-21)17-13-16(22)9-10-18(17)23/h4-10,13H,11-12H2,1-3H3,(H2,24,25). The largest absolute Gasteiger partial charge is 0.374 e. The predicted octanol–water partition coefficient (Wildman–Crippen LogP) is 4.12. The summed E-state index contributed by atoms with van der Waals surface area (Å²) in [7, 11) is 2.79. The average molecular weight is 448 g/mol. The molecule has 10 heteroatoms. The van der Waals surface area contributed by atoms with Gasteiger partial charge in [-0.05, 0) is 30.7 Å². The van der Waals surface area contributed by atoms with E-state index in [9.17, 15) is 13.6 Å². The van der Waals surface area contributed by atoms with Crippen LogP contribution in [0, 0.1) is 17.0 Å². The number of carbonyl (C=O) groups is 1. The molecule has 3 rings (SSSR count). The van der Waals surface area contributed by atoms with Crippen LogP contribution in [0.1, 0.15) is 24.5 Å². The minimum atomic E-state index is -1.07. The molecule has 0 aliphatic carbocycles. The Morgan fingerprint density at radius 3 is 2.65 bits per heavy atom. The number of hydrogen-bond donors (Lipinski definition) is 2. The van der Waals surface area contributed by atoms with Gasteiger partial charge in [-0.25, -0.2) is 18.6 Å². The van der Waals surface area contributed by atoms with E-state index < -0.39 is 22.5 Å². The molecule has 0 aromatic heterocycles. The van der Waals surface area contributed by atoms with Crippen molar-refractivity contribution in [1.82, 2.24) is 15.4 Å². The quantitative estimate of drug-likeness (QED) is 0.397. The Bertz CT molecular complexity index is 1000. The number of nitrogens with one attached hydrogen (secondary N) is 2. The van der Waals surface area contributed by atoms with Crippen LogP contribution in [-0.2, 0) is 9.71 Å². The van der Waals surface area contributed by atoms with Gasteiger partial charge in [0.05, 0.1) is 12.9 Å². The number of hydrogen-bond acceptors (Lipinski definition) is 5. The first kappa shape index (κ1) is 22.7. The molecule has 31 heavy (non-hydrogen) atoms. The van der Waals surface area contributed by atoms with E-state index in [0.717, 1.165) is 40.6 Å². The van der Waals surface area contributed by atoms with Crippen molar-refractivity contribution in [1.29, 1.82) is 5.41 Å². The van der Waals surface area contributed by atoms with Gasteiger partial charge in [-0.3, -0.25) is 10.2 Å². The van der Waals surface area contributed by atoms with Crippen LogP contribution in [0.25, 0.3) is 0 Å².